The number of ether oxygens (including phenoxy) is 1. The van der Waals surface area contributed by atoms with Crippen molar-refractivity contribution in [3.63, 3.8) is 0 Å². The number of amides is 1. The second kappa shape index (κ2) is 8.40. The van der Waals surface area contributed by atoms with Crippen molar-refractivity contribution in [3.05, 3.63) is 35.1 Å². The molecule has 1 unspecified atom stereocenters. The standard InChI is InChI=1S/C16H20FNO3/c1-4-18(12(2)11-21-3)16(20)14-8-7-13(6-5-9-19)15(17)10-14/h7-8,10,12,19H,4,9,11H2,1-3H3. The van der Waals surface area contributed by atoms with Crippen molar-refractivity contribution in [1.29, 1.82) is 0 Å². The number of methoxy groups -OCH3 is 1. The van der Waals surface area contributed by atoms with Crippen molar-refractivity contribution < 1.29 is 19.0 Å². The van der Waals surface area contributed by atoms with Gasteiger partial charge in [0.15, 0.2) is 0 Å². The van der Waals surface area contributed by atoms with Gasteiger partial charge in [-0.2, -0.15) is 0 Å². The zero-order valence-corrected chi connectivity index (χ0v) is 12.5. The van der Waals surface area contributed by atoms with E-state index in [0.717, 1.165) is 0 Å². The molecule has 1 amide bonds. The molecule has 4 nitrogen and oxygen atoms in total. The fraction of sp³-hybridized carbons (Fsp3) is 0.438. The molecule has 0 aliphatic heterocycles. The molecule has 1 rings (SSSR count). The summed E-state index contributed by atoms with van der Waals surface area (Å²) in [7, 11) is 1.57. The van der Waals surface area contributed by atoms with E-state index in [9.17, 15) is 9.18 Å². The van der Waals surface area contributed by atoms with Crippen LogP contribution in [0.1, 0.15) is 29.8 Å². The third-order valence-electron chi connectivity index (χ3n) is 3.06. The summed E-state index contributed by atoms with van der Waals surface area (Å²) in [5, 5.41) is 8.61. The van der Waals surface area contributed by atoms with E-state index in [2.05, 4.69) is 11.8 Å². The number of likely N-dealkylation sites (N-methyl/N-ethyl adjacent to an activating group) is 1. The minimum atomic E-state index is -0.572. The molecule has 0 saturated carbocycles. The quantitative estimate of drug-likeness (QED) is 0.840. The number of carbonyl (C=O) groups excluding carboxylic acids is 1. The van der Waals surface area contributed by atoms with Crippen LogP contribution in [0.2, 0.25) is 0 Å². The number of nitrogens with zero attached hydrogens (tertiary/aromatic N) is 1. The molecule has 0 aromatic heterocycles. The molecule has 1 aromatic carbocycles. The lowest BCUT2D eigenvalue weighted by atomic mass is 10.1. The van der Waals surface area contributed by atoms with Crippen LogP contribution < -0.4 is 0 Å². The first kappa shape index (κ1) is 17.2. The Balaban J connectivity index is 2.99. The van der Waals surface area contributed by atoms with Gasteiger partial charge in [-0.05, 0) is 32.0 Å². The topological polar surface area (TPSA) is 49.8 Å². The molecule has 0 aliphatic carbocycles. The van der Waals surface area contributed by atoms with Crippen molar-refractivity contribution in [2.24, 2.45) is 0 Å². The first-order chi connectivity index (χ1) is 10.0. The number of benzene rings is 1. The van der Waals surface area contributed by atoms with Crippen LogP contribution in [0.25, 0.3) is 0 Å². The summed E-state index contributed by atoms with van der Waals surface area (Å²) in [5.74, 6) is 4.05. The SMILES string of the molecule is CCN(C(=O)c1ccc(C#CCO)c(F)c1)C(C)COC. The van der Waals surface area contributed by atoms with E-state index in [0.29, 0.717) is 13.2 Å². The molecule has 0 aliphatic rings. The predicted molar refractivity (Wildman–Crippen MR) is 78.4 cm³/mol. The van der Waals surface area contributed by atoms with Gasteiger partial charge in [0.2, 0.25) is 0 Å². The van der Waals surface area contributed by atoms with Gasteiger partial charge in [-0.3, -0.25) is 4.79 Å². The van der Waals surface area contributed by atoms with Crippen LogP contribution in [0.4, 0.5) is 4.39 Å². The Morgan fingerprint density at radius 2 is 2.24 bits per heavy atom. The van der Waals surface area contributed by atoms with Gasteiger partial charge in [-0.15, -0.1) is 0 Å². The Morgan fingerprint density at radius 3 is 2.76 bits per heavy atom. The van der Waals surface area contributed by atoms with Crippen LogP contribution in [-0.4, -0.2) is 48.8 Å². The van der Waals surface area contributed by atoms with E-state index in [1.807, 2.05) is 13.8 Å². The fourth-order valence-electron chi connectivity index (χ4n) is 2.04. The molecular weight excluding hydrogens is 273 g/mol. The van der Waals surface area contributed by atoms with Crippen LogP contribution in [0.5, 0.6) is 0 Å². The molecule has 0 bridgehead atoms. The fourth-order valence-corrected chi connectivity index (χ4v) is 2.04. The highest BCUT2D eigenvalue weighted by atomic mass is 19.1. The summed E-state index contributed by atoms with van der Waals surface area (Å²) in [6.07, 6.45) is 0. The second-order valence-corrected chi connectivity index (χ2v) is 4.55. The molecule has 0 saturated heterocycles. The van der Waals surface area contributed by atoms with E-state index in [4.69, 9.17) is 9.84 Å². The van der Waals surface area contributed by atoms with Gasteiger partial charge in [-0.1, -0.05) is 11.8 Å². The van der Waals surface area contributed by atoms with E-state index in [-0.39, 0.29) is 29.7 Å². The van der Waals surface area contributed by atoms with Crippen molar-refractivity contribution in [1.82, 2.24) is 4.90 Å². The number of hydrogen-bond acceptors (Lipinski definition) is 3. The van der Waals surface area contributed by atoms with Gasteiger partial charge in [0.1, 0.15) is 12.4 Å². The number of halogens is 1. The Bertz CT molecular complexity index is 548. The summed E-state index contributed by atoms with van der Waals surface area (Å²) in [6, 6.07) is 4.06. The predicted octanol–water partition coefficient (Wildman–Crippen LogP) is 1.67. The number of aliphatic hydroxyl groups excluding tert-OH is 1. The lowest BCUT2D eigenvalue weighted by Crippen LogP contribution is -2.40. The second-order valence-electron chi connectivity index (χ2n) is 4.55. The van der Waals surface area contributed by atoms with Gasteiger partial charge in [0, 0.05) is 19.2 Å². The Kier molecular flexibility index (Phi) is 6.86. The van der Waals surface area contributed by atoms with Crippen LogP contribution in [0, 0.1) is 17.7 Å². The molecule has 0 fully saturated rings. The van der Waals surface area contributed by atoms with Crippen molar-refractivity contribution in [2.45, 2.75) is 19.9 Å². The van der Waals surface area contributed by atoms with Gasteiger partial charge in [0.25, 0.3) is 5.91 Å². The summed E-state index contributed by atoms with van der Waals surface area (Å²) in [5.41, 5.74) is 0.431. The summed E-state index contributed by atoms with van der Waals surface area (Å²) >= 11 is 0. The largest absolute Gasteiger partial charge is 0.384 e. The molecule has 5 heteroatoms. The first-order valence-electron chi connectivity index (χ1n) is 6.74. The molecule has 1 atom stereocenters. The van der Waals surface area contributed by atoms with Gasteiger partial charge in [-0.25, -0.2) is 4.39 Å². The maximum Gasteiger partial charge on any atom is 0.254 e. The third kappa shape index (κ3) is 4.55. The highest BCUT2D eigenvalue weighted by Crippen LogP contribution is 2.13. The average molecular weight is 293 g/mol. The molecular formula is C16H20FNO3. The maximum absolute atomic E-state index is 13.9. The molecule has 1 aromatic rings. The monoisotopic (exact) mass is 293 g/mol. The van der Waals surface area contributed by atoms with Crippen LogP contribution >= 0.6 is 0 Å². The molecule has 1 N–H and O–H groups in total. The molecule has 114 valence electrons. The first-order valence-corrected chi connectivity index (χ1v) is 6.74. The van der Waals surface area contributed by atoms with Crippen LogP contribution in [0.3, 0.4) is 0 Å². The zero-order valence-electron chi connectivity index (χ0n) is 12.5. The highest BCUT2D eigenvalue weighted by molar-refractivity contribution is 5.94. The Hall–Kier alpha value is -1.90. The third-order valence-corrected chi connectivity index (χ3v) is 3.06. The zero-order chi connectivity index (χ0) is 15.8. The molecule has 21 heavy (non-hydrogen) atoms. The number of aliphatic hydroxyl groups is 1. The minimum Gasteiger partial charge on any atom is -0.384 e. The smallest absolute Gasteiger partial charge is 0.254 e. The number of carbonyl (C=O) groups is 1. The molecule has 0 heterocycles. The summed E-state index contributed by atoms with van der Waals surface area (Å²) in [4.78, 5) is 14.0. The van der Waals surface area contributed by atoms with Crippen molar-refractivity contribution >= 4 is 5.91 Å². The lowest BCUT2D eigenvalue weighted by molar-refractivity contribution is 0.0579. The maximum atomic E-state index is 13.9. The van der Waals surface area contributed by atoms with E-state index < -0.39 is 5.82 Å². The lowest BCUT2D eigenvalue weighted by Gasteiger charge is -2.27. The minimum absolute atomic E-state index is 0.0931. The molecule has 0 spiro atoms. The number of rotatable bonds is 5. The Morgan fingerprint density at radius 1 is 1.52 bits per heavy atom. The van der Waals surface area contributed by atoms with Gasteiger partial charge in [0.05, 0.1) is 18.2 Å². The summed E-state index contributed by atoms with van der Waals surface area (Å²) in [6.45, 7) is 4.33. The van der Waals surface area contributed by atoms with Crippen LogP contribution in [0.15, 0.2) is 18.2 Å². The van der Waals surface area contributed by atoms with E-state index >= 15 is 0 Å². The van der Waals surface area contributed by atoms with E-state index in [1.165, 1.54) is 18.2 Å². The average Bonchev–Trinajstić information content (AvgIpc) is 2.46. The normalized spacial score (nSPS) is 11.5. The van der Waals surface area contributed by atoms with Crippen molar-refractivity contribution in [2.75, 3.05) is 26.9 Å². The highest BCUT2D eigenvalue weighted by Gasteiger charge is 2.20. The number of hydrogen-bond donors (Lipinski definition) is 1. The van der Waals surface area contributed by atoms with E-state index in [1.54, 1.807) is 12.0 Å². The van der Waals surface area contributed by atoms with Crippen LogP contribution in [-0.2, 0) is 4.74 Å². The summed E-state index contributed by atoms with van der Waals surface area (Å²) < 4.78 is 18.9. The van der Waals surface area contributed by atoms with Crippen molar-refractivity contribution in [3.8, 4) is 11.8 Å². The molecule has 0 radical (unpaired) electrons. The van der Waals surface area contributed by atoms with Gasteiger partial charge < -0.3 is 14.7 Å². The Labute approximate surface area is 124 Å². The van der Waals surface area contributed by atoms with Gasteiger partial charge >= 0.3 is 0 Å².